The second-order valence-electron chi connectivity index (χ2n) is 5.73. The van der Waals surface area contributed by atoms with Crippen molar-refractivity contribution >= 4 is 5.97 Å². The minimum absolute atomic E-state index is 0.292. The van der Waals surface area contributed by atoms with Gasteiger partial charge in [-0.15, -0.1) is 0 Å². The fraction of sp³-hybridized carbons (Fsp3) is 0.933. The lowest BCUT2D eigenvalue weighted by molar-refractivity contribution is -0.146. The number of hydrogen-bond donors (Lipinski definition) is 2. The molecule has 5 heteroatoms. The van der Waals surface area contributed by atoms with Gasteiger partial charge in [-0.05, 0) is 31.7 Å². The monoisotopic (exact) mass is 287 g/mol. The lowest BCUT2D eigenvalue weighted by atomic mass is 9.88. The Hall–Kier alpha value is -0.650. The number of likely N-dealkylation sites (tertiary alicyclic amines) is 1. The third-order valence-electron chi connectivity index (χ3n) is 4.08. The molecule has 2 N–H and O–H groups in total. The van der Waals surface area contributed by atoms with Gasteiger partial charge in [0, 0.05) is 13.2 Å². The normalized spacial score (nSPS) is 25.6. The second kappa shape index (κ2) is 9.32. The average Bonchev–Trinajstić information content (AvgIpc) is 2.43. The summed E-state index contributed by atoms with van der Waals surface area (Å²) in [6.07, 6.45) is 4.19. The average molecular weight is 287 g/mol. The molecule has 0 amide bonds. The van der Waals surface area contributed by atoms with Gasteiger partial charge in [-0.2, -0.15) is 0 Å². The van der Waals surface area contributed by atoms with E-state index < -0.39 is 18.1 Å². The van der Waals surface area contributed by atoms with Crippen molar-refractivity contribution < 1.29 is 19.7 Å². The molecule has 1 saturated heterocycles. The maximum Gasteiger partial charge on any atom is 0.320 e. The number of hydrogen-bond acceptors (Lipinski definition) is 4. The SMILES string of the molecule is CCCCOCC(O)CN1CCC(CC)CC1C(=O)O. The first kappa shape index (κ1) is 17.4. The zero-order valence-corrected chi connectivity index (χ0v) is 12.8. The number of carboxylic acids is 1. The summed E-state index contributed by atoms with van der Waals surface area (Å²) < 4.78 is 5.39. The van der Waals surface area contributed by atoms with Crippen LogP contribution in [-0.2, 0) is 9.53 Å². The van der Waals surface area contributed by atoms with Crippen molar-refractivity contribution in [1.82, 2.24) is 4.90 Å². The molecule has 0 saturated carbocycles. The molecule has 0 bridgehead atoms. The van der Waals surface area contributed by atoms with Crippen LogP contribution >= 0.6 is 0 Å². The van der Waals surface area contributed by atoms with Crippen molar-refractivity contribution in [1.29, 1.82) is 0 Å². The molecule has 1 aliphatic rings. The van der Waals surface area contributed by atoms with E-state index in [0.29, 0.717) is 32.1 Å². The lowest BCUT2D eigenvalue weighted by Gasteiger charge is -2.37. The highest BCUT2D eigenvalue weighted by atomic mass is 16.5. The van der Waals surface area contributed by atoms with Gasteiger partial charge >= 0.3 is 5.97 Å². The van der Waals surface area contributed by atoms with Crippen molar-refractivity contribution in [2.24, 2.45) is 5.92 Å². The highest BCUT2D eigenvalue weighted by molar-refractivity contribution is 5.73. The van der Waals surface area contributed by atoms with E-state index in [1.165, 1.54) is 0 Å². The quantitative estimate of drug-likeness (QED) is 0.632. The number of aliphatic carboxylic acids is 1. The first-order chi connectivity index (χ1) is 9.58. The summed E-state index contributed by atoms with van der Waals surface area (Å²) in [5, 5.41) is 19.3. The zero-order valence-electron chi connectivity index (χ0n) is 12.8. The lowest BCUT2D eigenvalue weighted by Crippen LogP contribution is -2.50. The summed E-state index contributed by atoms with van der Waals surface area (Å²) in [5.41, 5.74) is 0. The number of aliphatic hydroxyl groups excluding tert-OH is 1. The predicted octanol–water partition coefficient (Wildman–Crippen LogP) is 1.74. The molecule has 20 heavy (non-hydrogen) atoms. The molecular formula is C15H29NO4. The molecule has 0 aromatic rings. The van der Waals surface area contributed by atoms with Gasteiger partial charge < -0.3 is 14.9 Å². The molecule has 0 aliphatic carbocycles. The first-order valence-corrected chi connectivity index (χ1v) is 7.81. The van der Waals surface area contributed by atoms with Gasteiger partial charge in [-0.3, -0.25) is 9.69 Å². The summed E-state index contributed by atoms with van der Waals surface area (Å²) in [6.45, 7) is 6.29. The summed E-state index contributed by atoms with van der Waals surface area (Å²) in [7, 11) is 0. The van der Waals surface area contributed by atoms with E-state index in [9.17, 15) is 15.0 Å². The maximum atomic E-state index is 11.4. The Morgan fingerprint density at radius 1 is 1.45 bits per heavy atom. The van der Waals surface area contributed by atoms with E-state index in [1.54, 1.807) is 0 Å². The van der Waals surface area contributed by atoms with Crippen molar-refractivity contribution in [3.8, 4) is 0 Å². The largest absolute Gasteiger partial charge is 0.480 e. The van der Waals surface area contributed by atoms with Gasteiger partial charge in [0.1, 0.15) is 6.04 Å². The number of nitrogens with zero attached hydrogens (tertiary/aromatic N) is 1. The number of rotatable bonds is 9. The number of unbranched alkanes of at least 4 members (excludes halogenated alkanes) is 1. The van der Waals surface area contributed by atoms with Crippen LogP contribution in [-0.4, -0.2) is 59.5 Å². The summed E-state index contributed by atoms with van der Waals surface area (Å²) in [5.74, 6) is -0.285. The van der Waals surface area contributed by atoms with Crippen LogP contribution in [0.1, 0.15) is 46.0 Å². The van der Waals surface area contributed by atoms with Gasteiger partial charge in [0.25, 0.3) is 0 Å². The third-order valence-corrected chi connectivity index (χ3v) is 4.08. The Morgan fingerprint density at radius 2 is 2.20 bits per heavy atom. The topological polar surface area (TPSA) is 70.0 Å². The Kier molecular flexibility index (Phi) is 8.11. The Balaban J connectivity index is 2.38. The molecule has 0 spiro atoms. The first-order valence-electron chi connectivity index (χ1n) is 7.81. The fourth-order valence-electron chi connectivity index (χ4n) is 2.72. The van der Waals surface area contributed by atoms with E-state index in [2.05, 4.69) is 13.8 Å². The van der Waals surface area contributed by atoms with Crippen LogP contribution in [0.25, 0.3) is 0 Å². The van der Waals surface area contributed by atoms with Crippen molar-refractivity contribution in [2.75, 3.05) is 26.3 Å². The Bertz CT molecular complexity index is 285. The van der Waals surface area contributed by atoms with Crippen molar-refractivity contribution in [2.45, 2.75) is 58.1 Å². The molecule has 1 fully saturated rings. The van der Waals surface area contributed by atoms with E-state index >= 15 is 0 Å². The van der Waals surface area contributed by atoms with Gasteiger partial charge in [0.15, 0.2) is 0 Å². The van der Waals surface area contributed by atoms with Crippen LogP contribution in [0, 0.1) is 5.92 Å². The van der Waals surface area contributed by atoms with E-state index in [1.807, 2.05) is 4.90 Å². The molecule has 0 aromatic carbocycles. The van der Waals surface area contributed by atoms with Gasteiger partial charge in [0.2, 0.25) is 0 Å². The van der Waals surface area contributed by atoms with E-state index in [0.717, 1.165) is 32.2 Å². The number of carboxylic acid groups (broad SMARTS) is 1. The van der Waals surface area contributed by atoms with Gasteiger partial charge in [-0.25, -0.2) is 0 Å². The molecule has 0 radical (unpaired) electrons. The summed E-state index contributed by atoms with van der Waals surface area (Å²) in [6, 6.07) is -0.459. The smallest absolute Gasteiger partial charge is 0.320 e. The third kappa shape index (κ3) is 5.77. The van der Waals surface area contributed by atoms with Crippen molar-refractivity contribution in [3.63, 3.8) is 0 Å². The van der Waals surface area contributed by atoms with Crippen molar-refractivity contribution in [3.05, 3.63) is 0 Å². The van der Waals surface area contributed by atoms with E-state index in [4.69, 9.17) is 4.74 Å². The number of carbonyl (C=O) groups is 1. The Morgan fingerprint density at radius 3 is 2.80 bits per heavy atom. The minimum Gasteiger partial charge on any atom is -0.480 e. The number of aliphatic hydroxyl groups is 1. The molecule has 5 nitrogen and oxygen atoms in total. The predicted molar refractivity (Wildman–Crippen MR) is 77.7 cm³/mol. The van der Waals surface area contributed by atoms with Crippen LogP contribution < -0.4 is 0 Å². The summed E-state index contributed by atoms with van der Waals surface area (Å²) >= 11 is 0. The number of ether oxygens (including phenoxy) is 1. The molecule has 1 aliphatic heterocycles. The highest BCUT2D eigenvalue weighted by Crippen LogP contribution is 2.25. The molecule has 0 aromatic heterocycles. The van der Waals surface area contributed by atoms with Crippen LogP contribution in [0.3, 0.4) is 0 Å². The molecule has 3 unspecified atom stereocenters. The molecule has 118 valence electrons. The summed E-state index contributed by atoms with van der Waals surface area (Å²) in [4.78, 5) is 13.2. The maximum absolute atomic E-state index is 11.4. The zero-order chi connectivity index (χ0) is 15.0. The molecule has 1 heterocycles. The standard InChI is InChI=1S/C15H29NO4/c1-3-5-8-20-11-13(17)10-16-7-6-12(4-2)9-14(16)15(18)19/h12-14,17H,3-11H2,1-2H3,(H,18,19). The fourth-order valence-corrected chi connectivity index (χ4v) is 2.72. The molecular weight excluding hydrogens is 258 g/mol. The van der Waals surface area contributed by atoms with Gasteiger partial charge in [-0.1, -0.05) is 26.7 Å². The van der Waals surface area contributed by atoms with E-state index in [-0.39, 0.29) is 0 Å². The van der Waals surface area contributed by atoms with Crippen LogP contribution in [0.5, 0.6) is 0 Å². The van der Waals surface area contributed by atoms with Crippen LogP contribution in [0.4, 0.5) is 0 Å². The van der Waals surface area contributed by atoms with Crippen LogP contribution in [0.2, 0.25) is 0 Å². The second-order valence-corrected chi connectivity index (χ2v) is 5.73. The number of piperidine rings is 1. The Labute approximate surface area is 121 Å². The van der Waals surface area contributed by atoms with Gasteiger partial charge in [0.05, 0.1) is 12.7 Å². The molecule has 3 atom stereocenters. The van der Waals surface area contributed by atoms with Crippen LogP contribution in [0.15, 0.2) is 0 Å². The highest BCUT2D eigenvalue weighted by Gasteiger charge is 2.33. The minimum atomic E-state index is -0.776. The number of β-amino-alcohol motifs (C(OH)–C–C–N with tert-alkyl or cyclic N) is 1. The molecule has 1 rings (SSSR count).